The number of nitriles is 1. The van der Waals surface area contributed by atoms with Crippen LogP contribution in [-0.2, 0) is 6.42 Å². The van der Waals surface area contributed by atoms with E-state index in [9.17, 15) is 15.4 Å². The van der Waals surface area contributed by atoms with Crippen LogP contribution < -0.4 is 0 Å². The Morgan fingerprint density at radius 2 is 2.05 bits per heavy atom. The van der Waals surface area contributed by atoms with Gasteiger partial charge >= 0.3 is 0 Å². The number of hydrogen-bond donors (Lipinski definition) is 0. The molecule has 5 nitrogen and oxygen atoms in total. The highest BCUT2D eigenvalue weighted by Crippen LogP contribution is 2.22. The minimum absolute atomic E-state index is 0.0670. The van der Waals surface area contributed by atoms with E-state index in [1.165, 1.54) is 6.07 Å². The van der Waals surface area contributed by atoms with Gasteiger partial charge in [0.2, 0.25) is 0 Å². The van der Waals surface area contributed by atoms with Crippen molar-refractivity contribution in [2.24, 2.45) is 0 Å². The first kappa shape index (κ1) is 15.1. The Morgan fingerprint density at radius 1 is 1.42 bits per heavy atom. The minimum atomic E-state index is -0.640. The van der Waals surface area contributed by atoms with Gasteiger partial charge in [-0.15, -0.1) is 0 Å². The van der Waals surface area contributed by atoms with Crippen LogP contribution in [0.1, 0.15) is 26.3 Å². The number of hydrogen-bond acceptors (Lipinski definition) is 4. The van der Waals surface area contributed by atoms with E-state index >= 15 is 0 Å². The number of benzene rings is 1. The summed E-state index contributed by atoms with van der Waals surface area (Å²) in [5.41, 5.74) is 0.237. The molecule has 5 heteroatoms. The van der Waals surface area contributed by atoms with Crippen LogP contribution in [-0.4, -0.2) is 28.5 Å². The topological polar surface area (TPSA) is 70.2 Å². The van der Waals surface area contributed by atoms with E-state index in [1.807, 2.05) is 26.8 Å². The van der Waals surface area contributed by atoms with E-state index < -0.39 is 10.5 Å². The van der Waals surface area contributed by atoms with Crippen molar-refractivity contribution in [1.29, 1.82) is 5.26 Å². The number of non-ortho nitro benzene ring substituents is 1. The SMILES string of the molecule is CCN(CC)C(C)(C#N)Cc1cccc([N+](=O)[O-])c1. The fourth-order valence-corrected chi connectivity index (χ4v) is 2.32. The molecule has 19 heavy (non-hydrogen) atoms. The lowest BCUT2D eigenvalue weighted by Crippen LogP contribution is -2.46. The quantitative estimate of drug-likeness (QED) is 0.583. The third-order valence-corrected chi connectivity index (χ3v) is 3.37. The fourth-order valence-electron chi connectivity index (χ4n) is 2.32. The standard InChI is InChI=1S/C14H19N3O2/c1-4-16(5-2)14(3,11-15)10-12-7-6-8-13(9-12)17(18)19/h6-9H,4-5,10H2,1-3H3. The number of nitrogens with zero attached hydrogens (tertiary/aromatic N) is 3. The molecule has 0 aliphatic heterocycles. The summed E-state index contributed by atoms with van der Waals surface area (Å²) in [7, 11) is 0. The highest BCUT2D eigenvalue weighted by Gasteiger charge is 2.30. The molecular formula is C14H19N3O2. The molecule has 0 aliphatic carbocycles. The molecule has 0 amide bonds. The Bertz CT molecular complexity index is 492. The Balaban J connectivity index is 3.02. The van der Waals surface area contributed by atoms with Crippen molar-refractivity contribution < 1.29 is 4.92 Å². The number of likely N-dealkylation sites (N-methyl/N-ethyl adjacent to an activating group) is 1. The van der Waals surface area contributed by atoms with Crippen molar-refractivity contribution in [2.45, 2.75) is 32.7 Å². The fraction of sp³-hybridized carbons (Fsp3) is 0.500. The van der Waals surface area contributed by atoms with Gasteiger partial charge in [-0.3, -0.25) is 15.0 Å². The summed E-state index contributed by atoms with van der Waals surface area (Å²) in [6, 6.07) is 8.82. The molecule has 1 rings (SSSR count). The Kier molecular flexibility index (Phi) is 5.02. The maximum absolute atomic E-state index is 10.8. The highest BCUT2D eigenvalue weighted by atomic mass is 16.6. The molecule has 0 N–H and O–H groups in total. The van der Waals surface area contributed by atoms with Crippen molar-refractivity contribution >= 4 is 5.69 Å². The van der Waals surface area contributed by atoms with E-state index in [0.717, 1.165) is 18.7 Å². The highest BCUT2D eigenvalue weighted by molar-refractivity contribution is 5.35. The van der Waals surface area contributed by atoms with Crippen molar-refractivity contribution in [2.75, 3.05) is 13.1 Å². The van der Waals surface area contributed by atoms with E-state index in [0.29, 0.717) is 6.42 Å². The average molecular weight is 261 g/mol. The molecule has 0 saturated carbocycles. The van der Waals surface area contributed by atoms with Crippen molar-refractivity contribution in [3.05, 3.63) is 39.9 Å². The normalized spacial score (nSPS) is 13.8. The van der Waals surface area contributed by atoms with Crippen LogP contribution >= 0.6 is 0 Å². The van der Waals surface area contributed by atoms with Crippen molar-refractivity contribution in [3.63, 3.8) is 0 Å². The molecule has 0 saturated heterocycles. The van der Waals surface area contributed by atoms with Gasteiger partial charge < -0.3 is 0 Å². The maximum Gasteiger partial charge on any atom is 0.269 e. The molecule has 1 aromatic carbocycles. The largest absolute Gasteiger partial charge is 0.286 e. The second-order valence-electron chi connectivity index (χ2n) is 4.66. The molecule has 1 unspecified atom stereocenters. The van der Waals surface area contributed by atoms with E-state index in [2.05, 4.69) is 11.0 Å². The molecule has 0 radical (unpaired) electrons. The molecule has 0 aromatic heterocycles. The number of rotatable bonds is 6. The molecule has 1 aromatic rings. The maximum atomic E-state index is 10.8. The Morgan fingerprint density at radius 3 is 2.53 bits per heavy atom. The van der Waals surface area contributed by atoms with E-state index in [-0.39, 0.29) is 5.69 Å². The van der Waals surface area contributed by atoms with Gasteiger partial charge in [0, 0.05) is 18.6 Å². The predicted octanol–water partition coefficient (Wildman–Crippen LogP) is 2.76. The third-order valence-electron chi connectivity index (χ3n) is 3.37. The van der Waals surface area contributed by atoms with Gasteiger partial charge in [-0.2, -0.15) is 5.26 Å². The van der Waals surface area contributed by atoms with Gasteiger partial charge in [0.05, 0.1) is 11.0 Å². The monoisotopic (exact) mass is 261 g/mol. The van der Waals surface area contributed by atoms with Gasteiger partial charge in [0.15, 0.2) is 0 Å². The molecular weight excluding hydrogens is 242 g/mol. The van der Waals surface area contributed by atoms with Crippen LogP contribution in [0.4, 0.5) is 5.69 Å². The summed E-state index contributed by atoms with van der Waals surface area (Å²) in [5, 5.41) is 20.2. The third kappa shape index (κ3) is 3.52. The average Bonchev–Trinajstić information content (AvgIpc) is 2.40. The lowest BCUT2D eigenvalue weighted by atomic mass is 9.92. The molecule has 0 spiro atoms. The summed E-state index contributed by atoms with van der Waals surface area (Å²) < 4.78 is 0. The second-order valence-corrected chi connectivity index (χ2v) is 4.66. The predicted molar refractivity (Wildman–Crippen MR) is 73.7 cm³/mol. The molecule has 0 aliphatic rings. The van der Waals surface area contributed by atoms with Crippen LogP contribution in [0.25, 0.3) is 0 Å². The van der Waals surface area contributed by atoms with Gasteiger partial charge in [0.1, 0.15) is 5.54 Å². The van der Waals surface area contributed by atoms with Crippen molar-refractivity contribution in [3.8, 4) is 6.07 Å². The molecule has 1 atom stereocenters. The van der Waals surface area contributed by atoms with Gasteiger partial charge in [0.25, 0.3) is 5.69 Å². The van der Waals surface area contributed by atoms with Crippen LogP contribution in [0.15, 0.2) is 24.3 Å². The molecule has 0 heterocycles. The first-order valence-corrected chi connectivity index (χ1v) is 6.36. The zero-order chi connectivity index (χ0) is 14.5. The second kappa shape index (κ2) is 6.30. The van der Waals surface area contributed by atoms with Gasteiger partial charge in [-0.25, -0.2) is 0 Å². The summed E-state index contributed by atoms with van der Waals surface area (Å²) >= 11 is 0. The van der Waals surface area contributed by atoms with Crippen LogP contribution in [0, 0.1) is 21.4 Å². The lowest BCUT2D eigenvalue weighted by Gasteiger charge is -2.34. The van der Waals surface area contributed by atoms with E-state index in [1.54, 1.807) is 12.1 Å². The Hall–Kier alpha value is -1.93. The van der Waals surface area contributed by atoms with Crippen LogP contribution in [0.5, 0.6) is 0 Å². The molecule has 0 fully saturated rings. The summed E-state index contributed by atoms with van der Waals surface area (Å²) in [5.74, 6) is 0. The van der Waals surface area contributed by atoms with E-state index in [4.69, 9.17) is 0 Å². The minimum Gasteiger partial charge on any atom is -0.286 e. The van der Waals surface area contributed by atoms with Gasteiger partial charge in [-0.1, -0.05) is 26.0 Å². The molecule has 102 valence electrons. The zero-order valence-electron chi connectivity index (χ0n) is 11.6. The lowest BCUT2D eigenvalue weighted by molar-refractivity contribution is -0.384. The van der Waals surface area contributed by atoms with Crippen molar-refractivity contribution in [1.82, 2.24) is 4.90 Å². The summed E-state index contributed by atoms with van der Waals surface area (Å²) in [4.78, 5) is 12.4. The first-order valence-electron chi connectivity index (χ1n) is 6.36. The smallest absolute Gasteiger partial charge is 0.269 e. The van der Waals surface area contributed by atoms with Crippen LogP contribution in [0.2, 0.25) is 0 Å². The molecule has 0 bridgehead atoms. The number of nitro groups is 1. The van der Waals surface area contributed by atoms with Gasteiger partial charge in [-0.05, 0) is 25.6 Å². The summed E-state index contributed by atoms with van der Waals surface area (Å²) in [6.07, 6.45) is 0.479. The summed E-state index contributed by atoms with van der Waals surface area (Å²) in [6.45, 7) is 7.43. The Labute approximate surface area is 113 Å². The first-order chi connectivity index (χ1) is 8.96. The van der Waals surface area contributed by atoms with Crippen LogP contribution in [0.3, 0.4) is 0 Å². The number of nitro benzene ring substituents is 1. The zero-order valence-corrected chi connectivity index (χ0v) is 11.6.